The molecule has 0 spiro atoms. The van der Waals surface area contributed by atoms with Crippen LogP contribution in [0.15, 0.2) is 41.3 Å². The van der Waals surface area contributed by atoms with Gasteiger partial charge in [0.25, 0.3) is 0 Å². The van der Waals surface area contributed by atoms with Crippen molar-refractivity contribution < 1.29 is 18.3 Å². The summed E-state index contributed by atoms with van der Waals surface area (Å²) >= 11 is 2.98. The van der Waals surface area contributed by atoms with Crippen LogP contribution in [0.4, 0.5) is 13.2 Å². The summed E-state index contributed by atoms with van der Waals surface area (Å²) < 4.78 is 39.1. The summed E-state index contributed by atoms with van der Waals surface area (Å²) in [6, 6.07) is 3.57. The second kappa shape index (κ2) is 5.26. The van der Waals surface area contributed by atoms with Crippen molar-refractivity contribution in [2.24, 2.45) is 0 Å². The Labute approximate surface area is 115 Å². The van der Waals surface area contributed by atoms with E-state index < -0.39 is 17.8 Å². The molecule has 1 N–H and O–H groups in total. The van der Waals surface area contributed by atoms with Crippen molar-refractivity contribution in [3.05, 3.63) is 58.1 Å². The molecule has 2 rings (SSSR count). The summed E-state index contributed by atoms with van der Waals surface area (Å²) in [4.78, 5) is 7.54. The van der Waals surface area contributed by atoms with Gasteiger partial charge in [-0.15, -0.1) is 0 Å². The minimum absolute atomic E-state index is 0.0651. The van der Waals surface area contributed by atoms with E-state index in [1.807, 2.05) is 0 Å². The number of halogens is 4. The summed E-state index contributed by atoms with van der Waals surface area (Å²) in [5.74, 6) is 0. The number of aliphatic hydroxyl groups is 1. The van der Waals surface area contributed by atoms with Crippen molar-refractivity contribution in [2.75, 3.05) is 0 Å². The molecule has 100 valence electrons. The standard InChI is InChI=1S/C12H8BrF3N2O/c13-7-1-2-8(9(5-7)12(14,15)16)11(19)10-6-17-3-4-18-10/h1-6,11,19H. The molecule has 3 nitrogen and oxygen atoms in total. The molecule has 19 heavy (non-hydrogen) atoms. The van der Waals surface area contributed by atoms with Crippen molar-refractivity contribution in [1.82, 2.24) is 9.97 Å². The molecule has 7 heteroatoms. The Balaban J connectivity index is 2.51. The first kappa shape index (κ1) is 14.0. The fraction of sp³-hybridized carbons (Fsp3) is 0.167. The second-order valence-electron chi connectivity index (χ2n) is 3.76. The fourth-order valence-electron chi connectivity index (χ4n) is 1.62. The highest BCUT2D eigenvalue weighted by atomic mass is 79.9. The lowest BCUT2D eigenvalue weighted by Crippen LogP contribution is -2.13. The smallest absolute Gasteiger partial charge is 0.382 e. The van der Waals surface area contributed by atoms with Gasteiger partial charge in [-0.1, -0.05) is 22.0 Å². The van der Waals surface area contributed by atoms with Crippen molar-refractivity contribution in [3.8, 4) is 0 Å². The number of rotatable bonds is 2. The van der Waals surface area contributed by atoms with Crippen LogP contribution in [0.3, 0.4) is 0 Å². The van der Waals surface area contributed by atoms with E-state index in [1.54, 1.807) is 0 Å². The molecule has 0 bridgehead atoms. The molecule has 1 aromatic heterocycles. The Morgan fingerprint density at radius 3 is 2.53 bits per heavy atom. The predicted octanol–water partition coefficient (Wildman–Crippen LogP) is 3.34. The highest BCUT2D eigenvalue weighted by molar-refractivity contribution is 9.10. The Kier molecular flexibility index (Phi) is 3.86. The SMILES string of the molecule is OC(c1cnccn1)c1ccc(Br)cc1C(F)(F)F. The van der Waals surface area contributed by atoms with Crippen LogP contribution in [0.25, 0.3) is 0 Å². The van der Waals surface area contributed by atoms with E-state index in [0.717, 1.165) is 6.07 Å². The Hall–Kier alpha value is -1.47. The molecule has 1 aromatic carbocycles. The van der Waals surface area contributed by atoms with E-state index in [9.17, 15) is 18.3 Å². The molecule has 0 aliphatic carbocycles. The van der Waals surface area contributed by atoms with Crippen LogP contribution in [0.2, 0.25) is 0 Å². The number of hydrogen-bond acceptors (Lipinski definition) is 3. The highest BCUT2D eigenvalue weighted by Gasteiger charge is 2.35. The lowest BCUT2D eigenvalue weighted by atomic mass is 10.00. The van der Waals surface area contributed by atoms with Crippen LogP contribution in [0.5, 0.6) is 0 Å². The van der Waals surface area contributed by atoms with Crippen LogP contribution in [-0.4, -0.2) is 15.1 Å². The molecule has 1 heterocycles. The lowest BCUT2D eigenvalue weighted by Gasteiger charge is -2.17. The maximum absolute atomic E-state index is 12.9. The van der Waals surface area contributed by atoms with Gasteiger partial charge in [0, 0.05) is 16.9 Å². The van der Waals surface area contributed by atoms with Gasteiger partial charge in [-0.2, -0.15) is 13.2 Å². The molecule has 0 fully saturated rings. The Morgan fingerprint density at radius 2 is 1.95 bits per heavy atom. The van der Waals surface area contributed by atoms with E-state index >= 15 is 0 Å². The molecule has 0 saturated carbocycles. The third-order valence-corrected chi connectivity index (χ3v) is 2.97. The Bertz CT molecular complexity index is 575. The number of aliphatic hydroxyl groups excluding tert-OH is 1. The van der Waals surface area contributed by atoms with Gasteiger partial charge in [0.1, 0.15) is 6.10 Å². The van der Waals surface area contributed by atoms with Gasteiger partial charge in [-0.3, -0.25) is 9.97 Å². The number of hydrogen-bond donors (Lipinski definition) is 1. The molecular weight excluding hydrogens is 325 g/mol. The average Bonchev–Trinajstić information content (AvgIpc) is 2.38. The molecule has 0 saturated heterocycles. The summed E-state index contributed by atoms with van der Waals surface area (Å²) in [7, 11) is 0. The molecule has 1 atom stereocenters. The van der Waals surface area contributed by atoms with Crippen LogP contribution >= 0.6 is 15.9 Å². The third kappa shape index (κ3) is 3.10. The van der Waals surface area contributed by atoms with E-state index in [0.29, 0.717) is 0 Å². The zero-order chi connectivity index (χ0) is 14.0. The van der Waals surface area contributed by atoms with Crippen LogP contribution < -0.4 is 0 Å². The van der Waals surface area contributed by atoms with Crippen LogP contribution in [0.1, 0.15) is 22.9 Å². The van der Waals surface area contributed by atoms with E-state index in [4.69, 9.17) is 0 Å². The summed E-state index contributed by atoms with van der Waals surface area (Å²) in [6.07, 6.45) is -2.11. The zero-order valence-electron chi connectivity index (χ0n) is 9.39. The molecule has 0 radical (unpaired) electrons. The van der Waals surface area contributed by atoms with Gasteiger partial charge in [0.05, 0.1) is 17.5 Å². The van der Waals surface area contributed by atoms with E-state index in [1.165, 1.54) is 30.7 Å². The summed E-state index contributed by atoms with van der Waals surface area (Å²) in [5, 5.41) is 10.0. The summed E-state index contributed by atoms with van der Waals surface area (Å²) in [6.45, 7) is 0. The number of aromatic nitrogens is 2. The summed E-state index contributed by atoms with van der Waals surface area (Å²) in [5.41, 5.74) is -1.09. The average molecular weight is 333 g/mol. The van der Waals surface area contributed by atoms with Crippen molar-refractivity contribution in [3.63, 3.8) is 0 Å². The molecule has 1 unspecified atom stereocenters. The molecule has 0 aliphatic heterocycles. The van der Waals surface area contributed by atoms with Gasteiger partial charge < -0.3 is 5.11 Å². The monoisotopic (exact) mass is 332 g/mol. The first-order chi connectivity index (χ1) is 8.89. The first-order valence-electron chi connectivity index (χ1n) is 5.20. The Morgan fingerprint density at radius 1 is 1.21 bits per heavy atom. The van der Waals surface area contributed by atoms with Gasteiger partial charge in [0.2, 0.25) is 0 Å². The molecule has 0 amide bonds. The third-order valence-electron chi connectivity index (χ3n) is 2.48. The lowest BCUT2D eigenvalue weighted by molar-refractivity contribution is -0.139. The van der Waals surface area contributed by atoms with Gasteiger partial charge in [-0.25, -0.2) is 0 Å². The van der Waals surface area contributed by atoms with Gasteiger partial charge in [0.15, 0.2) is 0 Å². The van der Waals surface area contributed by atoms with E-state index in [2.05, 4.69) is 25.9 Å². The maximum Gasteiger partial charge on any atom is 0.416 e. The predicted molar refractivity (Wildman–Crippen MR) is 65.2 cm³/mol. The largest absolute Gasteiger partial charge is 0.416 e. The zero-order valence-corrected chi connectivity index (χ0v) is 11.0. The van der Waals surface area contributed by atoms with Crippen LogP contribution in [0, 0.1) is 0 Å². The van der Waals surface area contributed by atoms with Gasteiger partial charge >= 0.3 is 6.18 Å². The van der Waals surface area contributed by atoms with E-state index in [-0.39, 0.29) is 15.7 Å². The molecule has 0 aliphatic rings. The highest BCUT2D eigenvalue weighted by Crippen LogP contribution is 2.37. The normalized spacial score (nSPS) is 13.3. The molecule has 2 aromatic rings. The minimum atomic E-state index is -4.55. The van der Waals surface area contributed by atoms with Crippen LogP contribution in [-0.2, 0) is 6.18 Å². The minimum Gasteiger partial charge on any atom is -0.382 e. The topological polar surface area (TPSA) is 46.0 Å². The molecular formula is C12H8BrF3N2O. The number of benzene rings is 1. The van der Waals surface area contributed by atoms with Crippen molar-refractivity contribution >= 4 is 15.9 Å². The quantitative estimate of drug-likeness (QED) is 0.917. The van der Waals surface area contributed by atoms with Crippen molar-refractivity contribution in [1.29, 1.82) is 0 Å². The number of nitrogens with zero attached hydrogens (tertiary/aromatic N) is 2. The fourth-order valence-corrected chi connectivity index (χ4v) is 1.98. The second-order valence-corrected chi connectivity index (χ2v) is 4.68. The first-order valence-corrected chi connectivity index (χ1v) is 5.99. The maximum atomic E-state index is 12.9. The van der Waals surface area contributed by atoms with Gasteiger partial charge in [-0.05, 0) is 17.7 Å². The van der Waals surface area contributed by atoms with Crippen molar-refractivity contribution in [2.45, 2.75) is 12.3 Å². The number of alkyl halides is 3.